The average molecular weight is 406 g/mol. The molecule has 0 fully saturated rings. The number of halogens is 2. The molecular formula is C16H23Cl2SiZr. The third-order valence-electron chi connectivity index (χ3n) is 3.85. The van der Waals surface area contributed by atoms with Crippen LogP contribution in [0, 0.1) is 11.8 Å². The number of hydrogen-bond donors (Lipinski definition) is 0. The summed E-state index contributed by atoms with van der Waals surface area (Å²) in [4.78, 5) is 0. The second kappa shape index (κ2) is 9.62. The van der Waals surface area contributed by atoms with Crippen LogP contribution in [0.4, 0.5) is 0 Å². The zero-order valence-electron chi connectivity index (χ0n) is 12.7. The maximum atomic E-state index is 4.93. The quantitative estimate of drug-likeness (QED) is 0.528. The molecule has 0 N–H and O–H groups in total. The first-order valence-corrected chi connectivity index (χ1v) is 15.0. The van der Waals surface area contributed by atoms with Crippen LogP contribution in [-0.4, -0.2) is 9.52 Å². The van der Waals surface area contributed by atoms with E-state index in [1.54, 1.807) is 11.1 Å². The van der Waals surface area contributed by atoms with Gasteiger partial charge in [0, 0.05) is 9.52 Å². The summed E-state index contributed by atoms with van der Waals surface area (Å²) in [5.74, 6) is 1.50. The summed E-state index contributed by atoms with van der Waals surface area (Å²) >= 11 is -0.826. The Morgan fingerprint density at radius 2 is 1.25 bits per heavy atom. The summed E-state index contributed by atoms with van der Waals surface area (Å²) in [6.07, 6.45) is 9.57. The van der Waals surface area contributed by atoms with E-state index in [2.05, 4.69) is 52.0 Å². The third kappa shape index (κ3) is 6.18. The summed E-state index contributed by atoms with van der Waals surface area (Å²) in [5, 5.41) is 0. The number of allylic oxidation sites excluding steroid dienone is 8. The van der Waals surface area contributed by atoms with Gasteiger partial charge in [0.15, 0.2) is 0 Å². The predicted octanol–water partition coefficient (Wildman–Crippen LogP) is 5.68. The molecule has 0 saturated heterocycles. The van der Waals surface area contributed by atoms with Crippen molar-refractivity contribution in [2.24, 2.45) is 11.8 Å². The molecule has 0 spiro atoms. The van der Waals surface area contributed by atoms with Crippen molar-refractivity contribution in [2.45, 2.75) is 39.8 Å². The summed E-state index contributed by atoms with van der Waals surface area (Å²) in [7, 11) is 10.4. The SMILES string of the molecule is CC1=CC(C[SiH]CC2C=C(C)C=C2C)C(C)=C1.[Cl][Zr][Cl]. The van der Waals surface area contributed by atoms with E-state index in [1.165, 1.54) is 23.2 Å². The van der Waals surface area contributed by atoms with E-state index in [4.69, 9.17) is 17.0 Å². The van der Waals surface area contributed by atoms with E-state index in [1.807, 2.05) is 0 Å². The number of hydrogen-bond acceptors (Lipinski definition) is 0. The summed E-state index contributed by atoms with van der Waals surface area (Å²) < 4.78 is 0. The molecule has 0 bridgehead atoms. The average Bonchev–Trinajstić information content (AvgIpc) is 2.83. The van der Waals surface area contributed by atoms with E-state index in [0.717, 1.165) is 11.8 Å². The molecule has 20 heavy (non-hydrogen) atoms. The zero-order chi connectivity index (χ0) is 15.1. The molecule has 0 aromatic rings. The van der Waals surface area contributed by atoms with Gasteiger partial charge in [-0.3, -0.25) is 0 Å². The minimum absolute atomic E-state index is 0.577. The van der Waals surface area contributed by atoms with Gasteiger partial charge in [-0.05, 0) is 39.5 Å². The van der Waals surface area contributed by atoms with Gasteiger partial charge in [0.25, 0.3) is 0 Å². The molecule has 0 aliphatic heterocycles. The summed E-state index contributed by atoms with van der Waals surface area (Å²) in [5.41, 5.74) is 6.06. The monoisotopic (exact) mass is 403 g/mol. The van der Waals surface area contributed by atoms with Crippen LogP contribution < -0.4 is 0 Å². The minimum atomic E-state index is -0.826. The molecule has 0 amide bonds. The Hall–Kier alpha value is 0.640. The summed E-state index contributed by atoms with van der Waals surface area (Å²) in [6, 6.07) is 2.80. The third-order valence-corrected chi connectivity index (χ3v) is 5.53. The van der Waals surface area contributed by atoms with Crippen LogP contribution >= 0.6 is 17.0 Å². The Bertz CT molecular complexity index is 409. The topological polar surface area (TPSA) is 0 Å². The van der Waals surface area contributed by atoms with Crippen LogP contribution in [0.1, 0.15) is 27.7 Å². The van der Waals surface area contributed by atoms with Gasteiger partial charge < -0.3 is 0 Å². The molecule has 4 heteroatoms. The molecule has 2 aliphatic rings. The predicted molar refractivity (Wildman–Crippen MR) is 90.5 cm³/mol. The molecule has 0 aromatic heterocycles. The molecule has 0 saturated carbocycles. The number of rotatable bonds is 4. The van der Waals surface area contributed by atoms with Crippen molar-refractivity contribution >= 4 is 26.5 Å². The fraction of sp³-hybridized carbons (Fsp3) is 0.500. The van der Waals surface area contributed by atoms with Gasteiger partial charge in [0.1, 0.15) is 0 Å². The van der Waals surface area contributed by atoms with Gasteiger partial charge in [-0.25, -0.2) is 0 Å². The van der Waals surface area contributed by atoms with Gasteiger partial charge in [-0.1, -0.05) is 58.7 Å². The van der Waals surface area contributed by atoms with Crippen molar-refractivity contribution in [3.05, 3.63) is 46.6 Å². The van der Waals surface area contributed by atoms with Crippen LogP contribution in [0.5, 0.6) is 0 Å². The van der Waals surface area contributed by atoms with Crippen molar-refractivity contribution in [1.82, 2.24) is 0 Å². The van der Waals surface area contributed by atoms with Crippen LogP contribution in [0.2, 0.25) is 12.1 Å². The fourth-order valence-corrected chi connectivity index (χ4v) is 4.82. The van der Waals surface area contributed by atoms with E-state index in [0.29, 0.717) is 9.52 Å². The molecule has 0 aromatic carbocycles. The Labute approximate surface area is 144 Å². The van der Waals surface area contributed by atoms with Crippen molar-refractivity contribution in [2.75, 3.05) is 0 Å². The first kappa shape index (κ1) is 18.7. The first-order valence-electron chi connectivity index (χ1n) is 6.99. The second-order valence-electron chi connectivity index (χ2n) is 5.64. The molecule has 109 valence electrons. The molecule has 0 nitrogen and oxygen atoms in total. The van der Waals surface area contributed by atoms with Gasteiger partial charge >= 0.3 is 37.9 Å². The van der Waals surface area contributed by atoms with Crippen LogP contribution in [0.3, 0.4) is 0 Å². The fourth-order valence-electron chi connectivity index (χ4n) is 2.89. The zero-order valence-corrected chi connectivity index (χ0v) is 17.8. The molecule has 2 aliphatic carbocycles. The standard InChI is InChI=1S/C16H23Si.2ClH.Zr/c1-11-5-13(3)15(7-11)9-17-10-16-8-12(2)6-14(16)4;;;/h5-8,15-17H,9-10H2,1-4H3;2*1H;/q;;;+2/p-2. The Balaban J connectivity index is 0.000000612. The van der Waals surface area contributed by atoms with E-state index >= 15 is 0 Å². The Morgan fingerprint density at radius 3 is 1.50 bits per heavy atom. The molecule has 0 heterocycles. The van der Waals surface area contributed by atoms with E-state index < -0.39 is 20.8 Å². The molecule has 2 atom stereocenters. The molecule has 2 unspecified atom stereocenters. The van der Waals surface area contributed by atoms with Gasteiger partial charge in [-0.2, -0.15) is 0 Å². The van der Waals surface area contributed by atoms with Gasteiger partial charge in [-0.15, -0.1) is 0 Å². The van der Waals surface area contributed by atoms with E-state index in [9.17, 15) is 0 Å². The Morgan fingerprint density at radius 1 is 0.900 bits per heavy atom. The van der Waals surface area contributed by atoms with Gasteiger partial charge in [0.05, 0.1) is 0 Å². The van der Waals surface area contributed by atoms with Crippen LogP contribution in [0.15, 0.2) is 46.6 Å². The molecular weight excluding hydrogens is 382 g/mol. The normalized spacial score (nSPS) is 24.3. The van der Waals surface area contributed by atoms with Crippen molar-refractivity contribution in [3.63, 3.8) is 0 Å². The van der Waals surface area contributed by atoms with Crippen LogP contribution in [0.25, 0.3) is 0 Å². The van der Waals surface area contributed by atoms with Crippen molar-refractivity contribution in [1.29, 1.82) is 0 Å². The van der Waals surface area contributed by atoms with Crippen LogP contribution in [-0.2, 0) is 20.8 Å². The maximum absolute atomic E-state index is 4.93. The molecule has 1 radical (unpaired) electrons. The van der Waals surface area contributed by atoms with E-state index in [-0.39, 0.29) is 0 Å². The second-order valence-corrected chi connectivity index (χ2v) is 10.9. The van der Waals surface area contributed by atoms with Crippen molar-refractivity contribution < 1.29 is 20.8 Å². The Kier molecular flexibility index (Phi) is 8.98. The summed E-state index contributed by atoms with van der Waals surface area (Å²) in [6.45, 7) is 8.99. The molecule has 2 rings (SSSR count). The first-order chi connectivity index (χ1) is 9.47. The van der Waals surface area contributed by atoms with Crippen molar-refractivity contribution in [3.8, 4) is 0 Å². The van der Waals surface area contributed by atoms with Gasteiger partial charge in [0.2, 0.25) is 0 Å².